The normalized spacial score (nSPS) is 19.9. The molecule has 0 saturated carbocycles. The third-order valence-corrected chi connectivity index (χ3v) is 6.94. The number of morpholine rings is 1. The van der Waals surface area contributed by atoms with Gasteiger partial charge in [-0.2, -0.15) is 4.31 Å². The van der Waals surface area contributed by atoms with Gasteiger partial charge in [0, 0.05) is 31.9 Å². The van der Waals surface area contributed by atoms with Gasteiger partial charge in [-0.15, -0.1) is 0 Å². The second-order valence-corrected chi connectivity index (χ2v) is 9.83. The molecule has 1 aromatic carbocycles. The quantitative estimate of drug-likeness (QED) is 0.602. The van der Waals surface area contributed by atoms with Crippen molar-refractivity contribution in [2.45, 2.75) is 44.8 Å². The van der Waals surface area contributed by atoms with E-state index in [1.54, 1.807) is 29.0 Å². The van der Waals surface area contributed by atoms with Crippen molar-refractivity contribution in [3.63, 3.8) is 0 Å². The Labute approximate surface area is 185 Å². The van der Waals surface area contributed by atoms with Crippen molar-refractivity contribution >= 4 is 27.5 Å². The van der Waals surface area contributed by atoms with Gasteiger partial charge in [0.25, 0.3) is 0 Å². The van der Waals surface area contributed by atoms with E-state index >= 15 is 0 Å². The van der Waals surface area contributed by atoms with Crippen LogP contribution in [0.2, 0.25) is 0 Å². The van der Waals surface area contributed by atoms with Gasteiger partial charge in [-0.3, -0.25) is 14.5 Å². The number of carbonyl (C=O) groups is 2. The number of nitrogens with zero attached hydrogens (tertiary/aromatic N) is 3. The lowest BCUT2D eigenvalue weighted by atomic mass is 10.3. The summed E-state index contributed by atoms with van der Waals surface area (Å²) in [5.74, 6) is -0.303. The fourth-order valence-electron chi connectivity index (χ4n) is 3.60. The maximum atomic E-state index is 12.9. The topological polar surface area (TPSA) is 99.3 Å². The minimum Gasteiger partial charge on any atom is -0.373 e. The number of ether oxygens (including phenoxy) is 1. The minimum absolute atomic E-state index is 0.0263. The zero-order valence-corrected chi connectivity index (χ0v) is 19.8. The van der Waals surface area contributed by atoms with Crippen molar-refractivity contribution in [3.8, 4) is 0 Å². The van der Waals surface area contributed by atoms with Gasteiger partial charge in [-0.1, -0.05) is 0 Å². The molecular weight excluding hydrogens is 420 g/mol. The molecule has 0 bridgehead atoms. The van der Waals surface area contributed by atoms with Crippen molar-refractivity contribution in [3.05, 3.63) is 24.3 Å². The largest absolute Gasteiger partial charge is 0.373 e. The first kappa shape index (κ1) is 25.3. The molecule has 9 nitrogen and oxygen atoms in total. The van der Waals surface area contributed by atoms with E-state index in [0.29, 0.717) is 31.9 Å². The molecule has 1 aliphatic rings. The zero-order valence-electron chi connectivity index (χ0n) is 19.0. The summed E-state index contributed by atoms with van der Waals surface area (Å²) in [5, 5.41) is 2.74. The van der Waals surface area contributed by atoms with E-state index in [1.807, 2.05) is 27.7 Å². The highest BCUT2D eigenvalue weighted by atomic mass is 32.2. The molecule has 0 aliphatic carbocycles. The Hall–Kier alpha value is -2.01. The molecule has 1 heterocycles. The third-order valence-electron chi connectivity index (χ3n) is 5.10. The van der Waals surface area contributed by atoms with E-state index in [1.165, 1.54) is 16.4 Å². The number of amides is 2. The molecule has 0 aromatic heterocycles. The van der Waals surface area contributed by atoms with Gasteiger partial charge < -0.3 is 15.0 Å². The highest BCUT2D eigenvalue weighted by molar-refractivity contribution is 7.89. The van der Waals surface area contributed by atoms with E-state index in [9.17, 15) is 18.0 Å². The van der Waals surface area contributed by atoms with Gasteiger partial charge in [0.2, 0.25) is 21.8 Å². The van der Waals surface area contributed by atoms with Crippen molar-refractivity contribution < 1.29 is 22.7 Å². The Morgan fingerprint density at radius 2 is 1.61 bits per heavy atom. The second-order valence-electron chi connectivity index (χ2n) is 7.89. The van der Waals surface area contributed by atoms with Gasteiger partial charge in [0.1, 0.15) is 0 Å². The molecular formula is C21H34N4O5S. The second kappa shape index (κ2) is 11.0. The number of nitrogens with one attached hydrogen (secondary N) is 1. The maximum Gasteiger partial charge on any atom is 0.243 e. The van der Waals surface area contributed by atoms with Crippen LogP contribution in [0.15, 0.2) is 29.2 Å². The SMILES string of the molecule is CCN(CC)C(=O)CN(C)CC(=O)Nc1ccc(S(=O)(=O)N2CC(C)OC(C)C2)cc1. The Balaban J connectivity index is 1.94. The highest BCUT2D eigenvalue weighted by Gasteiger charge is 2.32. The molecule has 174 valence electrons. The van der Waals surface area contributed by atoms with Crippen LogP contribution in [0.5, 0.6) is 0 Å². The summed E-state index contributed by atoms with van der Waals surface area (Å²) in [6.07, 6.45) is -0.328. The van der Waals surface area contributed by atoms with Crippen molar-refractivity contribution in [1.29, 1.82) is 0 Å². The summed E-state index contributed by atoms with van der Waals surface area (Å²) in [6, 6.07) is 6.12. The Morgan fingerprint density at radius 3 is 2.13 bits per heavy atom. The summed E-state index contributed by atoms with van der Waals surface area (Å²) in [4.78, 5) is 28.0. The van der Waals surface area contributed by atoms with Crippen molar-refractivity contribution in [1.82, 2.24) is 14.1 Å². The predicted octanol–water partition coefficient (Wildman–Crippen LogP) is 1.22. The highest BCUT2D eigenvalue weighted by Crippen LogP contribution is 2.22. The van der Waals surface area contributed by atoms with Gasteiger partial charge in [-0.05, 0) is 59.0 Å². The molecule has 1 aromatic rings. The molecule has 0 radical (unpaired) electrons. The molecule has 10 heteroatoms. The molecule has 1 aliphatic heterocycles. The van der Waals surface area contributed by atoms with E-state index in [0.717, 1.165) is 0 Å². The minimum atomic E-state index is -3.63. The number of benzene rings is 1. The first-order chi connectivity index (χ1) is 14.6. The summed E-state index contributed by atoms with van der Waals surface area (Å²) < 4.78 is 32.9. The van der Waals surface area contributed by atoms with Crippen LogP contribution in [0.4, 0.5) is 5.69 Å². The molecule has 31 heavy (non-hydrogen) atoms. The van der Waals surface area contributed by atoms with E-state index < -0.39 is 10.0 Å². The summed E-state index contributed by atoms with van der Waals surface area (Å²) in [6.45, 7) is 9.62. The van der Waals surface area contributed by atoms with Gasteiger partial charge in [0.15, 0.2) is 0 Å². The molecule has 2 unspecified atom stereocenters. The van der Waals surface area contributed by atoms with Gasteiger partial charge in [0.05, 0.1) is 30.2 Å². The molecule has 1 saturated heterocycles. The van der Waals surface area contributed by atoms with Crippen molar-refractivity contribution in [2.75, 3.05) is 51.6 Å². The summed E-state index contributed by atoms with van der Waals surface area (Å²) in [7, 11) is -1.92. The average molecular weight is 455 g/mol. The predicted molar refractivity (Wildman–Crippen MR) is 119 cm³/mol. The maximum absolute atomic E-state index is 12.9. The number of likely N-dealkylation sites (N-methyl/N-ethyl adjacent to an activating group) is 2. The van der Waals surface area contributed by atoms with Crippen LogP contribution in [0.25, 0.3) is 0 Å². The first-order valence-electron chi connectivity index (χ1n) is 10.6. The van der Waals surface area contributed by atoms with Crippen LogP contribution >= 0.6 is 0 Å². The molecule has 1 N–H and O–H groups in total. The Bertz CT molecular complexity index is 845. The first-order valence-corrected chi connectivity index (χ1v) is 12.0. The monoisotopic (exact) mass is 454 g/mol. The van der Waals surface area contributed by atoms with Crippen LogP contribution in [0.3, 0.4) is 0 Å². The smallest absolute Gasteiger partial charge is 0.243 e. The fraction of sp³-hybridized carbons (Fsp3) is 0.619. The molecule has 2 rings (SSSR count). The van der Waals surface area contributed by atoms with E-state index in [2.05, 4.69) is 5.32 Å². The Morgan fingerprint density at radius 1 is 1.06 bits per heavy atom. The number of anilines is 1. The number of hydrogen-bond acceptors (Lipinski definition) is 6. The van der Waals surface area contributed by atoms with Gasteiger partial charge in [-0.25, -0.2) is 8.42 Å². The summed E-state index contributed by atoms with van der Waals surface area (Å²) >= 11 is 0. The van der Waals surface area contributed by atoms with Gasteiger partial charge >= 0.3 is 0 Å². The molecule has 1 fully saturated rings. The molecule has 2 amide bonds. The lowest BCUT2D eigenvalue weighted by molar-refractivity contribution is -0.132. The average Bonchev–Trinajstić information content (AvgIpc) is 2.68. The zero-order chi connectivity index (χ0) is 23.2. The van der Waals surface area contributed by atoms with Crippen LogP contribution in [-0.4, -0.2) is 92.9 Å². The number of carbonyl (C=O) groups excluding carboxylic acids is 2. The lowest BCUT2D eigenvalue weighted by Crippen LogP contribution is -2.48. The standard InChI is InChI=1S/C21H34N4O5S/c1-6-24(7-2)21(27)15-23(5)14-20(26)22-18-8-10-19(11-9-18)31(28,29)25-12-16(3)30-17(4)13-25/h8-11,16-17H,6-7,12-15H2,1-5H3,(H,22,26). The van der Waals surface area contributed by atoms with Crippen molar-refractivity contribution in [2.24, 2.45) is 0 Å². The third kappa shape index (κ3) is 6.99. The van der Waals surface area contributed by atoms with Crippen LogP contribution in [0.1, 0.15) is 27.7 Å². The van der Waals surface area contributed by atoms with Crippen LogP contribution in [-0.2, 0) is 24.3 Å². The van der Waals surface area contributed by atoms with E-state index in [-0.39, 0.29) is 42.0 Å². The van der Waals surface area contributed by atoms with Crippen LogP contribution in [0, 0.1) is 0 Å². The number of rotatable bonds is 9. The van der Waals surface area contributed by atoms with Crippen LogP contribution < -0.4 is 5.32 Å². The molecule has 2 atom stereocenters. The number of hydrogen-bond donors (Lipinski definition) is 1. The fourth-order valence-corrected chi connectivity index (χ4v) is 5.19. The Kier molecular flexibility index (Phi) is 8.99. The number of sulfonamides is 1. The summed E-state index contributed by atoms with van der Waals surface area (Å²) in [5.41, 5.74) is 0.496. The van der Waals surface area contributed by atoms with E-state index in [4.69, 9.17) is 4.74 Å². The molecule has 0 spiro atoms. The lowest BCUT2D eigenvalue weighted by Gasteiger charge is -2.34.